The van der Waals surface area contributed by atoms with Crippen LogP contribution in [0.1, 0.15) is 43.5 Å². The molecule has 0 aliphatic carbocycles. The summed E-state index contributed by atoms with van der Waals surface area (Å²) >= 11 is 0. The van der Waals surface area contributed by atoms with Crippen molar-refractivity contribution in [1.82, 2.24) is 4.98 Å². The first-order valence-electron chi connectivity index (χ1n) is 7.52. The Labute approximate surface area is 127 Å². The second-order valence-corrected chi connectivity index (χ2v) is 5.53. The van der Waals surface area contributed by atoms with Crippen LogP contribution in [0.5, 0.6) is 5.75 Å². The Balaban J connectivity index is 2.03. The minimum Gasteiger partial charge on any atom is -0.487 e. The van der Waals surface area contributed by atoms with Crippen molar-refractivity contribution in [3.05, 3.63) is 53.3 Å². The number of benzene rings is 1. The Kier molecular flexibility index (Phi) is 5.20. The highest BCUT2D eigenvalue weighted by atomic mass is 16.5. The van der Waals surface area contributed by atoms with E-state index in [2.05, 4.69) is 50.1 Å². The highest BCUT2D eigenvalue weighted by Crippen LogP contribution is 2.24. The first-order valence-corrected chi connectivity index (χ1v) is 7.52. The smallest absolute Gasteiger partial charge is 0.130 e. The lowest BCUT2D eigenvalue weighted by Crippen LogP contribution is -2.02. The Hall–Kier alpha value is -2.03. The summed E-state index contributed by atoms with van der Waals surface area (Å²) in [5, 5.41) is 3.28. The van der Waals surface area contributed by atoms with E-state index in [1.807, 2.05) is 24.4 Å². The van der Waals surface area contributed by atoms with E-state index in [9.17, 15) is 0 Å². The van der Waals surface area contributed by atoms with Gasteiger partial charge in [-0.2, -0.15) is 0 Å². The number of aryl methyl sites for hydroxylation is 1. The maximum absolute atomic E-state index is 5.85. The van der Waals surface area contributed by atoms with E-state index in [0.29, 0.717) is 12.5 Å². The minimum absolute atomic E-state index is 0.486. The molecule has 1 N–H and O–H groups in total. The van der Waals surface area contributed by atoms with Crippen LogP contribution in [0.25, 0.3) is 0 Å². The largest absolute Gasteiger partial charge is 0.487 e. The first kappa shape index (κ1) is 15.4. The lowest BCUT2D eigenvalue weighted by Gasteiger charge is -2.12. The Bertz CT molecular complexity index is 594. The summed E-state index contributed by atoms with van der Waals surface area (Å²) in [4.78, 5) is 4.34. The number of anilines is 1. The van der Waals surface area contributed by atoms with Crippen molar-refractivity contribution in [3.63, 3.8) is 0 Å². The molecule has 0 fully saturated rings. The predicted octanol–water partition coefficient (Wildman–Crippen LogP) is 4.52. The molecular formula is C18H24N2O. The van der Waals surface area contributed by atoms with Gasteiger partial charge in [-0.05, 0) is 55.2 Å². The van der Waals surface area contributed by atoms with Crippen LogP contribution in [-0.4, -0.2) is 11.5 Å². The van der Waals surface area contributed by atoms with Gasteiger partial charge in [0.2, 0.25) is 0 Å². The zero-order valence-corrected chi connectivity index (χ0v) is 13.3. The van der Waals surface area contributed by atoms with E-state index in [0.717, 1.165) is 23.7 Å². The molecule has 0 atom stereocenters. The maximum atomic E-state index is 5.85. The molecule has 0 aliphatic rings. The third-order valence-corrected chi connectivity index (χ3v) is 3.45. The van der Waals surface area contributed by atoms with Gasteiger partial charge in [0, 0.05) is 18.4 Å². The molecule has 2 aromatic rings. The Morgan fingerprint density at radius 3 is 2.67 bits per heavy atom. The van der Waals surface area contributed by atoms with Crippen LogP contribution in [0.4, 0.5) is 5.69 Å². The normalized spacial score (nSPS) is 10.7. The van der Waals surface area contributed by atoms with Crippen LogP contribution in [-0.2, 0) is 6.61 Å². The van der Waals surface area contributed by atoms with Crippen LogP contribution in [0.2, 0.25) is 0 Å². The van der Waals surface area contributed by atoms with E-state index in [-0.39, 0.29) is 0 Å². The number of rotatable bonds is 6. The van der Waals surface area contributed by atoms with Crippen LogP contribution in [0.3, 0.4) is 0 Å². The highest BCUT2D eigenvalue weighted by Gasteiger charge is 2.05. The molecule has 2 rings (SSSR count). The molecule has 1 aromatic heterocycles. The fourth-order valence-corrected chi connectivity index (χ4v) is 2.41. The molecule has 0 saturated carbocycles. The molecular weight excluding hydrogens is 260 g/mol. The lowest BCUT2D eigenvalue weighted by atomic mass is 9.98. The number of nitrogens with zero attached hydrogens (tertiary/aromatic N) is 1. The fraction of sp³-hybridized carbons (Fsp3) is 0.389. The van der Waals surface area contributed by atoms with E-state index < -0.39 is 0 Å². The van der Waals surface area contributed by atoms with Crippen LogP contribution >= 0.6 is 0 Å². The van der Waals surface area contributed by atoms with Crippen molar-refractivity contribution in [3.8, 4) is 5.75 Å². The minimum atomic E-state index is 0.486. The highest BCUT2D eigenvalue weighted by molar-refractivity contribution is 5.43. The quantitative estimate of drug-likeness (QED) is 0.846. The van der Waals surface area contributed by atoms with Crippen molar-refractivity contribution in [2.75, 3.05) is 11.9 Å². The third kappa shape index (κ3) is 4.22. The second kappa shape index (κ2) is 7.11. The van der Waals surface area contributed by atoms with Crippen LogP contribution in [0.15, 0.2) is 36.5 Å². The summed E-state index contributed by atoms with van der Waals surface area (Å²) in [7, 11) is 0. The van der Waals surface area contributed by atoms with Gasteiger partial charge in [0.05, 0.1) is 5.69 Å². The number of hydrogen-bond donors (Lipinski definition) is 1. The van der Waals surface area contributed by atoms with E-state index in [4.69, 9.17) is 4.74 Å². The first-order chi connectivity index (χ1) is 10.1. The standard InChI is InChI=1S/C18H24N2O/c1-5-19-15-8-9-20-16(11-15)12-21-17-6-7-18(13(2)3)14(4)10-17/h6-11,13H,5,12H2,1-4H3,(H,19,20). The molecule has 1 aromatic carbocycles. The van der Waals surface area contributed by atoms with Crippen molar-refractivity contribution in [1.29, 1.82) is 0 Å². The number of aromatic nitrogens is 1. The summed E-state index contributed by atoms with van der Waals surface area (Å²) in [6.07, 6.45) is 1.81. The lowest BCUT2D eigenvalue weighted by molar-refractivity contribution is 0.301. The van der Waals surface area contributed by atoms with Gasteiger partial charge in [-0.25, -0.2) is 0 Å². The summed E-state index contributed by atoms with van der Waals surface area (Å²) in [5.41, 5.74) is 4.66. The monoisotopic (exact) mass is 284 g/mol. The van der Waals surface area contributed by atoms with Gasteiger partial charge in [0.25, 0.3) is 0 Å². The fourth-order valence-electron chi connectivity index (χ4n) is 2.41. The summed E-state index contributed by atoms with van der Waals surface area (Å²) < 4.78 is 5.85. The van der Waals surface area contributed by atoms with Gasteiger partial charge in [-0.15, -0.1) is 0 Å². The Morgan fingerprint density at radius 2 is 2.00 bits per heavy atom. The molecule has 112 valence electrons. The zero-order chi connectivity index (χ0) is 15.2. The molecule has 1 heterocycles. The second-order valence-electron chi connectivity index (χ2n) is 5.53. The van der Waals surface area contributed by atoms with Gasteiger partial charge >= 0.3 is 0 Å². The van der Waals surface area contributed by atoms with Crippen molar-refractivity contribution < 1.29 is 4.74 Å². The molecule has 3 nitrogen and oxygen atoms in total. The molecule has 0 radical (unpaired) electrons. The average molecular weight is 284 g/mol. The van der Waals surface area contributed by atoms with E-state index >= 15 is 0 Å². The van der Waals surface area contributed by atoms with Crippen molar-refractivity contribution in [2.45, 2.75) is 40.2 Å². The van der Waals surface area contributed by atoms with Crippen LogP contribution in [0, 0.1) is 6.92 Å². The van der Waals surface area contributed by atoms with Gasteiger partial charge in [-0.1, -0.05) is 19.9 Å². The SMILES string of the molecule is CCNc1ccnc(COc2ccc(C(C)C)c(C)c2)c1. The summed E-state index contributed by atoms with van der Waals surface area (Å²) in [6, 6.07) is 10.3. The number of ether oxygens (including phenoxy) is 1. The number of hydrogen-bond acceptors (Lipinski definition) is 3. The van der Waals surface area contributed by atoms with Crippen molar-refractivity contribution >= 4 is 5.69 Å². The molecule has 0 bridgehead atoms. The molecule has 0 saturated heterocycles. The summed E-state index contributed by atoms with van der Waals surface area (Å²) in [5.74, 6) is 1.44. The van der Waals surface area contributed by atoms with Gasteiger partial charge in [-0.3, -0.25) is 4.98 Å². The molecule has 3 heteroatoms. The van der Waals surface area contributed by atoms with Crippen LogP contribution < -0.4 is 10.1 Å². The molecule has 0 amide bonds. The molecule has 21 heavy (non-hydrogen) atoms. The number of nitrogens with one attached hydrogen (secondary N) is 1. The van der Waals surface area contributed by atoms with E-state index in [1.54, 1.807) is 0 Å². The maximum Gasteiger partial charge on any atom is 0.130 e. The average Bonchev–Trinajstić information content (AvgIpc) is 2.45. The van der Waals surface area contributed by atoms with Gasteiger partial charge < -0.3 is 10.1 Å². The van der Waals surface area contributed by atoms with Gasteiger partial charge in [0.1, 0.15) is 12.4 Å². The topological polar surface area (TPSA) is 34.2 Å². The van der Waals surface area contributed by atoms with Gasteiger partial charge in [0.15, 0.2) is 0 Å². The Morgan fingerprint density at radius 1 is 1.19 bits per heavy atom. The third-order valence-electron chi connectivity index (χ3n) is 3.45. The molecule has 0 unspecified atom stereocenters. The summed E-state index contributed by atoms with van der Waals surface area (Å²) in [6.45, 7) is 10.0. The molecule has 0 spiro atoms. The molecule has 0 aliphatic heterocycles. The zero-order valence-electron chi connectivity index (χ0n) is 13.3. The predicted molar refractivity (Wildman–Crippen MR) is 88.0 cm³/mol. The number of pyridine rings is 1. The van der Waals surface area contributed by atoms with E-state index in [1.165, 1.54) is 11.1 Å². The van der Waals surface area contributed by atoms with Crippen molar-refractivity contribution in [2.24, 2.45) is 0 Å².